The number of rotatable bonds is 3. The summed E-state index contributed by atoms with van der Waals surface area (Å²) in [7, 11) is 0. The van der Waals surface area contributed by atoms with E-state index in [0.717, 1.165) is 0 Å². The summed E-state index contributed by atoms with van der Waals surface area (Å²) in [5, 5.41) is 0. The normalized spacial score (nSPS) is 23.2. The number of hydrogen-bond acceptors (Lipinski definition) is 3. The Hall–Kier alpha value is -1.91. The van der Waals surface area contributed by atoms with Gasteiger partial charge in [0.05, 0.1) is 6.61 Å². The van der Waals surface area contributed by atoms with Crippen LogP contribution in [0, 0.1) is 0 Å². The van der Waals surface area contributed by atoms with Crippen LogP contribution >= 0.6 is 0 Å². The van der Waals surface area contributed by atoms with Gasteiger partial charge >= 0.3 is 5.97 Å². The van der Waals surface area contributed by atoms with Gasteiger partial charge in [0, 0.05) is 18.7 Å². The molecule has 1 aromatic rings. The van der Waals surface area contributed by atoms with E-state index in [2.05, 4.69) is 4.74 Å². The van der Waals surface area contributed by atoms with Gasteiger partial charge in [0.1, 0.15) is 0 Å². The first kappa shape index (κ1) is 12.5. The van der Waals surface area contributed by atoms with Crippen LogP contribution in [-0.4, -0.2) is 30.7 Å². The number of benzene rings is 1. The van der Waals surface area contributed by atoms with Gasteiger partial charge in [-0.1, -0.05) is 18.2 Å². The van der Waals surface area contributed by atoms with Crippen LogP contribution in [0.2, 0.25) is 0 Å². The molecule has 1 amide bonds. The lowest BCUT2D eigenvalue weighted by Gasteiger charge is -2.18. The molecule has 0 aliphatic carbocycles. The third-order valence-electron chi connectivity index (χ3n) is 2.93. The average molecular weight is 251 g/mol. The Balaban J connectivity index is 2.22. The average Bonchev–Trinajstić information content (AvgIpc) is 2.69. The van der Waals surface area contributed by atoms with E-state index in [9.17, 15) is 14.0 Å². The van der Waals surface area contributed by atoms with Crippen LogP contribution in [0.15, 0.2) is 30.3 Å². The molecule has 1 saturated heterocycles. The molecule has 0 radical (unpaired) electrons. The molecule has 1 aliphatic heterocycles. The van der Waals surface area contributed by atoms with Gasteiger partial charge in [-0.3, -0.25) is 4.79 Å². The minimum Gasteiger partial charge on any atom is -0.463 e. The number of amides is 1. The zero-order chi connectivity index (χ0) is 13.2. The van der Waals surface area contributed by atoms with E-state index in [1.807, 2.05) is 0 Å². The number of esters is 1. The molecule has 1 fully saturated rings. The molecule has 1 heterocycles. The van der Waals surface area contributed by atoms with Gasteiger partial charge in [-0.2, -0.15) is 0 Å². The van der Waals surface area contributed by atoms with E-state index in [-0.39, 0.29) is 19.6 Å². The van der Waals surface area contributed by atoms with E-state index in [1.165, 1.54) is 4.90 Å². The SMILES string of the molecule is CCOC(=O)[C@@]1(F)CCN(c2ccccc2)C1=O. The fraction of sp³-hybridized carbons (Fsp3) is 0.385. The first-order valence-corrected chi connectivity index (χ1v) is 5.82. The first-order chi connectivity index (χ1) is 8.59. The minimum absolute atomic E-state index is 0.0587. The zero-order valence-corrected chi connectivity index (χ0v) is 10.1. The van der Waals surface area contributed by atoms with Gasteiger partial charge in [-0.05, 0) is 19.1 Å². The number of carbonyl (C=O) groups excluding carboxylic acids is 2. The number of carbonyl (C=O) groups is 2. The summed E-state index contributed by atoms with van der Waals surface area (Å²) in [5.41, 5.74) is -1.95. The second kappa shape index (κ2) is 4.76. The van der Waals surface area contributed by atoms with Crippen molar-refractivity contribution in [3.05, 3.63) is 30.3 Å². The van der Waals surface area contributed by atoms with Gasteiger partial charge in [-0.25, -0.2) is 9.18 Å². The van der Waals surface area contributed by atoms with Gasteiger partial charge in [-0.15, -0.1) is 0 Å². The molecule has 0 bridgehead atoms. The molecule has 0 saturated carbocycles. The molecule has 1 aromatic carbocycles. The van der Waals surface area contributed by atoms with E-state index in [1.54, 1.807) is 37.3 Å². The molecule has 4 nitrogen and oxygen atoms in total. The van der Waals surface area contributed by atoms with Crippen LogP contribution in [0.1, 0.15) is 13.3 Å². The number of alkyl halides is 1. The number of hydrogen-bond donors (Lipinski definition) is 0. The highest BCUT2D eigenvalue weighted by molar-refractivity contribution is 6.15. The van der Waals surface area contributed by atoms with Crippen molar-refractivity contribution in [1.82, 2.24) is 0 Å². The van der Waals surface area contributed by atoms with Crippen molar-refractivity contribution in [2.24, 2.45) is 0 Å². The summed E-state index contributed by atoms with van der Waals surface area (Å²) in [6.07, 6.45) is -0.167. The van der Waals surface area contributed by atoms with Gasteiger partial charge in [0.2, 0.25) is 0 Å². The summed E-state index contributed by atoms with van der Waals surface area (Å²) in [6.45, 7) is 1.82. The van der Waals surface area contributed by atoms with Crippen LogP contribution < -0.4 is 4.90 Å². The van der Waals surface area contributed by atoms with Crippen LogP contribution in [-0.2, 0) is 14.3 Å². The van der Waals surface area contributed by atoms with Crippen molar-refractivity contribution < 1.29 is 18.7 Å². The highest BCUT2D eigenvalue weighted by atomic mass is 19.1. The summed E-state index contributed by atoms with van der Waals surface area (Å²) in [4.78, 5) is 24.8. The maximum Gasteiger partial charge on any atom is 0.353 e. The summed E-state index contributed by atoms with van der Waals surface area (Å²) in [6, 6.07) is 8.72. The number of ether oxygens (including phenoxy) is 1. The Morgan fingerprint density at radius 1 is 1.44 bits per heavy atom. The zero-order valence-electron chi connectivity index (χ0n) is 10.1. The van der Waals surface area contributed by atoms with Crippen molar-refractivity contribution in [2.45, 2.75) is 19.0 Å². The van der Waals surface area contributed by atoms with E-state index < -0.39 is 17.5 Å². The molecule has 0 unspecified atom stereocenters. The van der Waals surface area contributed by atoms with Crippen molar-refractivity contribution in [1.29, 1.82) is 0 Å². The molecule has 1 atom stereocenters. The standard InChI is InChI=1S/C13H14FNO3/c1-2-18-12(17)13(14)8-9-15(11(13)16)10-6-4-3-5-7-10/h3-7H,2,8-9H2,1H3/t13-/m1/s1. The van der Waals surface area contributed by atoms with Crippen LogP contribution in [0.25, 0.3) is 0 Å². The fourth-order valence-electron chi connectivity index (χ4n) is 1.98. The molecule has 5 heteroatoms. The molecular formula is C13H14FNO3. The van der Waals surface area contributed by atoms with Crippen molar-refractivity contribution in [3.63, 3.8) is 0 Å². The predicted octanol–water partition coefficient (Wildman–Crippen LogP) is 1.69. The second-order valence-electron chi connectivity index (χ2n) is 4.06. The van der Waals surface area contributed by atoms with Crippen molar-refractivity contribution in [3.8, 4) is 0 Å². The Kier molecular flexibility index (Phi) is 3.32. The summed E-state index contributed by atoms with van der Waals surface area (Å²) in [5.74, 6) is -1.93. The van der Waals surface area contributed by atoms with Crippen LogP contribution in [0.3, 0.4) is 0 Å². The van der Waals surface area contributed by atoms with Gasteiger partial charge in [0.25, 0.3) is 11.6 Å². The molecule has 2 rings (SSSR count). The Morgan fingerprint density at radius 2 is 2.11 bits per heavy atom. The van der Waals surface area contributed by atoms with E-state index >= 15 is 0 Å². The number of anilines is 1. The Bertz CT molecular complexity index is 463. The molecular weight excluding hydrogens is 237 g/mol. The molecule has 96 valence electrons. The lowest BCUT2D eigenvalue weighted by Crippen LogP contribution is -2.44. The lowest BCUT2D eigenvalue weighted by atomic mass is 10.1. The molecule has 0 aromatic heterocycles. The van der Waals surface area contributed by atoms with E-state index in [4.69, 9.17) is 0 Å². The Labute approximate surface area is 104 Å². The highest BCUT2D eigenvalue weighted by Gasteiger charge is 2.55. The highest BCUT2D eigenvalue weighted by Crippen LogP contribution is 2.32. The summed E-state index contributed by atoms with van der Waals surface area (Å²) >= 11 is 0. The summed E-state index contributed by atoms with van der Waals surface area (Å²) < 4.78 is 19.0. The smallest absolute Gasteiger partial charge is 0.353 e. The third kappa shape index (κ3) is 1.96. The predicted molar refractivity (Wildman–Crippen MR) is 63.9 cm³/mol. The molecule has 0 spiro atoms. The first-order valence-electron chi connectivity index (χ1n) is 5.82. The molecule has 1 aliphatic rings. The second-order valence-corrected chi connectivity index (χ2v) is 4.06. The maximum atomic E-state index is 14.4. The number of para-hydroxylation sites is 1. The largest absolute Gasteiger partial charge is 0.463 e. The van der Waals surface area contributed by atoms with Crippen molar-refractivity contribution in [2.75, 3.05) is 18.1 Å². The molecule has 18 heavy (non-hydrogen) atoms. The Morgan fingerprint density at radius 3 is 2.72 bits per heavy atom. The number of halogens is 1. The van der Waals surface area contributed by atoms with Crippen LogP contribution in [0.4, 0.5) is 10.1 Å². The van der Waals surface area contributed by atoms with Gasteiger partial charge in [0.15, 0.2) is 0 Å². The maximum absolute atomic E-state index is 14.4. The third-order valence-corrected chi connectivity index (χ3v) is 2.93. The monoisotopic (exact) mass is 251 g/mol. The van der Waals surface area contributed by atoms with Crippen molar-refractivity contribution >= 4 is 17.6 Å². The topological polar surface area (TPSA) is 46.6 Å². The van der Waals surface area contributed by atoms with Gasteiger partial charge < -0.3 is 9.64 Å². The lowest BCUT2D eigenvalue weighted by molar-refractivity contribution is -0.160. The molecule has 0 N–H and O–H groups in total. The fourth-order valence-corrected chi connectivity index (χ4v) is 1.98. The van der Waals surface area contributed by atoms with Crippen LogP contribution in [0.5, 0.6) is 0 Å². The minimum atomic E-state index is -2.54. The quantitative estimate of drug-likeness (QED) is 0.606. The number of nitrogens with zero attached hydrogens (tertiary/aromatic N) is 1. The van der Waals surface area contributed by atoms with E-state index in [0.29, 0.717) is 5.69 Å².